The molecule has 56 valence electrons. The minimum Gasteiger partial charge on any atom is -0.379 e. The van der Waals surface area contributed by atoms with Gasteiger partial charge in [-0.15, -0.1) is 0 Å². The third-order valence-corrected chi connectivity index (χ3v) is 1.50. The smallest absolute Gasteiger partial charge is 0.0591 e. The Bertz CT molecular complexity index is 46.3. The minimum atomic E-state index is 0.830. The molecule has 0 radical (unpaired) electrons. The predicted molar refractivity (Wildman–Crippen MR) is 43.1 cm³/mol. The molecular formula is C6H15NOS. The lowest BCUT2D eigenvalue weighted by atomic mass is 10.7. The summed E-state index contributed by atoms with van der Waals surface area (Å²) >= 11 is 1.81. The first-order valence-corrected chi connectivity index (χ1v) is 4.52. The third-order valence-electron chi connectivity index (χ3n) is 0.928. The van der Waals surface area contributed by atoms with Gasteiger partial charge in [0, 0.05) is 12.3 Å². The van der Waals surface area contributed by atoms with Crippen molar-refractivity contribution in [3.63, 3.8) is 0 Å². The molecule has 2 nitrogen and oxygen atoms in total. The van der Waals surface area contributed by atoms with Gasteiger partial charge in [-0.3, -0.25) is 0 Å². The summed E-state index contributed by atoms with van der Waals surface area (Å²) in [4.78, 5) is 0. The second-order valence-corrected chi connectivity index (χ2v) is 2.69. The third kappa shape index (κ3) is 8.27. The number of nitrogens with one attached hydrogen (secondary N) is 1. The quantitative estimate of drug-likeness (QED) is 0.558. The molecule has 0 amide bonds. The Labute approximate surface area is 61.4 Å². The Morgan fingerprint density at radius 1 is 1.44 bits per heavy atom. The molecule has 0 heterocycles. The largest absolute Gasteiger partial charge is 0.379 e. The lowest BCUT2D eigenvalue weighted by molar-refractivity contribution is 0.153. The van der Waals surface area contributed by atoms with Gasteiger partial charge in [0.2, 0.25) is 0 Å². The maximum absolute atomic E-state index is 5.23. The maximum Gasteiger partial charge on any atom is 0.0591 e. The van der Waals surface area contributed by atoms with Crippen LogP contribution in [0.1, 0.15) is 0 Å². The van der Waals surface area contributed by atoms with E-state index >= 15 is 0 Å². The van der Waals surface area contributed by atoms with Crippen molar-refractivity contribution in [3.8, 4) is 0 Å². The van der Waals surface area contributed by atoms with Crippen LogP contribution in [-0.2, 0) is 4.74 Å². The molecule has 0 aliphatic rings. The van der Waals surface area contributed by atoms with Crippen molar-refractivity contribution in [1.29, 1.82) is 0 Å². The Kier molecular flexibility index (Phi) is 8.52. The van der Waals surface area contributed by atoms with Crippen molar-refractivity contribution >= 4 is 11.8 Å². The first-order chi connectivity index (χ1) is 4.41. The van der Waals surface area contributed by atoms with Gasteiger partial charge in [-0.1, -0.05) is 0 Å². The van der Waals surface area contributed by atoms with E-state index in [-0.39, 0.29) is 0 Å². The summed E-state index contributed by atoms with van der Waals surface area (Å²) in [6.07, 6.45) is 2.08. The Balaban J connectivity index is 2.60. The van der Waals surface area contributed by atoms with Gasteiger partial charge in [0.25, 0.3) is 0 Å². The van der Waals surface area contributed by atoms with Crippen molar-refractivity contribution in [2.75, 3.05) is 38.8 Å². The molecule has 0 saturated carbocycles. The molecule has 0 saturated heterocycles. The van der Waals surface area contributed by atoms with E-state index in [1.807, 2.05) is 18.8 Å². The normalized spacial score (nSPS) is 10.0. The van der Waals surface area contributed by atoms with Gasteiger partial charge in [-0.25, -0.2) is 0 Å². The van der Waals surface area contributed by atoms with Gasteiger partial charge >= 0.3 is 0 Å². The Morgan fingerprint density at radius 2 is 2.22 bits per heavy atom. The second-order valence-electron chi connectivity index (χ2n) is 1.71. The van der Waals surface area contributed by atoms with E-state index in [2.05, 4.69) is 11.6 Å². The fourth-order valence-electron chi connectivity index (χ4n) is 0.419. The lowest BCUT2D eigenvalue weighted by Crippen LogP contribution is -2.14. The molecule has 3 heteroatoms. The zero-order chi connectivity index (χ0) is 6.95. The molecule has 0 aromatic heterocycles. The molecule has 0 spiro atoms. The summed E-state index contributed by atoms with van der Waals surface area (Å²) in [5.41, 5.74) is 0. The van der Waals surface area contributed by atoms with Gasteiger partial charge in [0.1, 0.15) is 0 Å². The van der Waals surface area contributed by atoms with E-state index in [1.54, 1.807) is 0 Å². The molecule has 0 aliphatic heterocycles. The highest BCUT2D eigenvalue weighted by atomic mass is 32.2. The van der Waals surface area contributed by atoms with E-state index in [0.29, 0.717) is 0 Å². The van der Waals surface area contributed by atoms with Gasteiger partial charge in [-0.2, -0.15) is 11.8 Å². The Hall–Kier alpha value is 0.270. The fraction of sp³-hybridized carbons (Fsp3) is 1.00. The molecule has 1 N–H and O–H groups in total. The molecule has 0 aliphatic carbocycles. The summed E-state index contributed by atoms with van der Waals surface area (Å²) < 4.78 is 5.23. The van der Waals surface area contributed by atoms with Crippen molar-refractivity contribution < 1.29 is 4.74 Å². The average Bonchev–Trinajstić information content (AvgIpc) is 1.89. The topological polar surface area (TPSA) is 21.3 Å². The van der Waals surface area contributed by atoms with Gasteiger partial charge in [0.15, 0.2) is 0 Å². The van der Waals surface area contributed by atoms with Crippen LogP contribution in [0, 0.1) is 0 Å². The minimum absolute atomic E-state index is 0.830. The van der Waals surface area contributed by atoms with E-state index in [0.717, 1.165) is 25.5 Å². The lowest BCUT2D eigenvalue weighted by Gasteiger charge is -2.00. The zero-order valence-corrected chi connectivity index (χ0v) is 6.96. The van der Waals surface area contributed by atoms with E-state index in [1.165, 1.54) is 0 Å². The number of likely N-dealkylation sites (N-methyl/N-ethyl adjacent to an activating group) is 1. The zero-order valence-electron chi connectivity index (χ0n) is 6.14. The fourth-order valence-corrected chi connectivity index (χ4v) is 0.703. The van der Waals surface area contributed by atoms with Crippen LogP contribution in [0.4, 0.5) is 0 Å². The molecule has 0 rings (SSSR count). The molecule has 0 aromatic carbocycles. The van der Waals surface area contributed by atoms with Crippen LogP contribution >= 0.6 is 11.8 Å². The Morgan fingerprint density at radius 3 is 2.78 bits per heavy atom. The van der Waals surface area contributed by atoms with Crippen LogP contribution in [0.3, 0.4) is 0 Å². The number of thioether (sulfide) groups is 1. The van der Waals surface area contributed by atoms with Crippen LogP contribution in [0.15, 0.2) is 0 Å². The summed E-state index contributed by atoms with van der Waals surface area (Å²) in [5, 5.41) is 3.01. The molecule has 0 aromatic rings. The average molecular weight is 149 g/mol. The van der Waals surface area contributed by atoms with Gasteiger partial charge < -0.3 is 10.1 Å². The van der Waals surface area contributed by atoms with Crippen LogP contribution in [0.5, 0.6) is 0 Å². The SMILES string of the molecule is CNCCOCCSC. The first kappa shape index (κ1) is 9.27. The highest BCUT2D eigenvalue weighted by Crippen LogP contribution is 1.89. The standard InChI is InChI=1S/C6H15NOS/c1-7-3-4-8-5-6-9-2/h7H,3-6H2,1-2H3. The summed E-state index contributed by atoms with van der Waals surface area (Å²) in [6.45, 7) is 2.66. The highest BCUT2D eigenvalue weighted by molar-refractivity contribution is 7.98. The van der Waals surface area contributed by atoms with Crippen LogP contribution in [0.2, 0.25) is 0 Å². The van der Waals surface area contributed by atoms with Gasteiger partial charge in [-0.05, 0) is 13.3 Å². The molecule has 9 heavy (non-hydrogen) atoms. The van der Waals surface area contributed by atoms with Crippen molar-refractivity contribution in [2.24, 2.45) is 0 Å². The van der Waals surface area contributed by atoms with E-state index in [9.17, 15) is 0 Å². The monoisotopic (exact) mass is 149 g/mol. The summed E-state index contributed by atoms with van der Waals surface area (Å²) in [7, 11) is 1.93. The van der Waals surface area contributed by atoms with Crippen molar-refractivity contribution in [2.45, 2.75) is 0 Å². The van der Waals surface area contributed by atoms with Crippen LogP contribution in [-0.4, -0.2) is 38.8 Å². The molecule has 0 bridgehead atoms. The number of hydrogen-bond acceptors (Lipinski definition) is 3. The maximum atomic E-state index is 5.23. The molecule has 0 fully saturated rings. The van der Waals surface area contributed by atoms with Crippen LogP contribution in [0.25, 0.3) is 0 Å². The second kappa shape index (κ2) is 8.27. The molecule has 0 atom stereocenters. The summed E-state index contributed by atoms with van der Waals surface area (Å²) in [6, 6.07) is 0. The number of hydrogen-bond donors (Lipinski definition) is 1. The first-order valence-electron chi connectivity index (χ1n) is 3.13. The van der Waals surface area contributed by atoms with Gasteiger partial charge in [0.05, 0.1) is 13.2 Å². The van der Waals surface area contributed by atoms with Crippen LogP contribution < -0.4 is 5.32 Å². The number of ether oxygens (including phenoxy) is 1. The highest BCUT2D eigenvalue weighted by Gasteiger charge is 1.83. The van der Waals surface area contributed by atoms with E-state index in [4.69, 9.17) is 4.74 Å². The summed E-state index contributed by atoms with van der Waals surface area (Å²) in [5.74, 6) is 1.10. The molecular weight excluding hydrogens is 134 g/mol. The predicted octanol–water partition coefficient (Wildman–Crippen LogP) is 0.585. The van der Waals surface area contributed by atoms with Crippen molar-refractivity contribution in [1.82, 2.24) is 5.32 Å². The number of rotatable bonds is 6. The van der Waals surface area contributed by atoms with Crippen molar-refractivity contribution in [3.05, 3.63) is 0 Å². The molecule has 0 unspecified atom stereocenters. The van der Waals surface area contributed by atoms with E-state index < -0.39 is 0 Å².